The van der Waals surface area contributed by atoms with E-state index < -0.39 is 0 Å². The van der Waals surface area contributed by atoms with E-state index in [9.17, 15) is 4.79 Å². The number of hydrogen-bond acceptors (Lipinski definition) is 4. The summed E-state index contributed by atoms with van der Waals surface area (Å²) in [6.45, 7) is 7.87. The van der Waals surface area contributed by atoms with E-state index in [1.165, 1.54) is 0 Å². The van der Waals surface area contributed by atoms with Crippen molar-refractivity contribution in [2.45, 2.75) is 33.2 Å². The van der Waals surface area contributed by atoms with Crippen molar-refractivity contribution in [1.29, 1.82) is 0 Å². The monoisotopic (exact) mass is 236 g/mol. The number of rotatable bonds is 3. The molecule has 0 saturated heterocycles. The fourth-order valence-corrected chi connectivity index (χ4v) is 1.34. The molecule has 0 bridgehead atoms. The van der Waals surface area contributed by atoms with Gasteiger partial charge in [-0.3, -0.25) is 4.79 Å². The van der Waals surface area contributed by atoms with Gasteiger partial charge in [-0.25, -0.2) is 4.98 Å². The average Bonchev–Trinajstić information content (AvgIpc) is 2.18. The SMILES string of the molecule is Cc1ccnc(NCC(=O)NC(C)(C)C)c1N. The number of carbonyl (C=O) groups excluding carboxylic acids is 1. The Morgan fingerprint density at radius 1 is 1.47 bits per heavy atom. The molecule has 94 valence electrons. The van der Waals surface area contributed by atoms with E-state index in [1.54, 1.807) is 6.20 Å². The van der Waals surface area contributed by atoms with Crippen LogP contribution in [0.3, 0.4) is 0 Å². The van der Waals surface area contributed by atoms with Gasteiger partial charge in [0.05, 0.1) is 12.2 Å². The number of nitrogens with two attached hydrogens (primary N) is 1. The van der Waals surface area contributed by atoms with Crippen LogP contribution in [0.4, 0.5) is 11.5 Å². The number of aryl methyl sites for hydroxylation is 1. The molecule has 17 heavy (non-hydrogen) atoms. The molecule has 1 aromatic heterocycles. The number of nitrogens with one attached hydrogen (secondary N) is 2. The topological polar surface area (TPSA) is 80.0 Å². The molecule has 0 atom stereocenters. The lowest BCUT2D eigenvalue weighted by atomic mass is 10.1. The first-order chi connectivity index (χ1) is 7.79. The van der Waals surface area contributed by atoms with Crippen LogP contribution in [0, 0.1) is 6.92 Å². The third-order valence-electron chi connectivity index (χ3n) is 2.14. The number of nitrogens with zero attached hydrogens (tertiary/aromatic N) is 1. The normalized spacial score (nSPS) is 11.1. The number of hydrogen-bond donors (Lipinski definition) is 3. The number of pyridine rings is 1. The van der Waals surface area contributed by atoms with Crippen molar-refractivity contribution >= 4 is 17.4 Å². The highest BCUT2D eigenvalue weighted by Crippen LogP contribution is 2.18. The summed E-state index contributed by atoms with van der Waals surface area (Å²) in [6.07, 6.45) is 1.66. The zero-order valence-corrected chi connectivity index (χ0v) is 10.8. The van der Waals surface area contributed by atoms with Crippen LogP contribution >= 0.6 is 0 Å². The summed E-state index contributed by atoms with van der Waals surface area (Å²) in [5.74, 6) is 0.467. The molecule has 0 fully saturated rings. The van der Waals surface area contributed by atoms with Crippen molar-refractivity contribution in [3.63, 3.8) is 0 Å². The van der Waals surface area contributed by atoms with E-state index in [0.717, 1.165) is 5.56 Å². The van der Waals surface area contributed by atoms with Crippen LogP contribution in [-0.4, -0.2) is 23.0 Å². The molecular weight excluding hydrogens is 216 g/mol. The Morgan fingerprint density at radius 3 is 2.71 bits per heavy atom. The Labute approximate surface area is 102 Å². The number of amides is 1. The second-order valence-corrected chi connectivity index (χ2v) is 5.04. The summed E-state index contributed by atoms with van der Waals surface area (Å²) in [5.41, 5.74) is 7.13. The first-order valence-electron chi connectivity index (χ1n) is 5.55. The maximum Gasteiger partial charge on any atom is 0.239 e. The number of nitrogen functional groups attached to an aromatic ring is 1. The fourth-order valence-electron chi connectivity index (χ4n) is 1.34. The lowest BCUT2D eigenvalue weighted by Gasteiger charge is -2.20. The minimum atomic E-state index is -0.232. The third kappa shape index (κ3) is 4.30. The minimum Gasteiger partial charge on any atom is -0.396 e. The van der Waals surface area contributed by atoms with Crippen LogP contribution in [0.1, 0.15) is 26.3 Å². The summed E-state index contributed by atoms with van der Waals surface area (Å²) in [4.78, 5) is 15.7. The molecule has 0 aliphatic rings. The molecule has 0 radical (unpaired) electrons. The molecule has 0 aromatic carbocycles. The van der Waals surface area contributed by atoms with Gasteiger partial charge < -0.3 is 16.4 Å². The van der Waals surface area contributed by atoms with Gasteiger partial charge in [0.2, 0.25) is 5.91 Å². The van der Waals surface area contributed by atoms with Gasteiger partial charge in [0.15, 0.2) is 0 Å². The second kappa shape index (κ2) is 5.03. The standard InChI is InChI=1S/C12H20N4O/c1-8-5-6-14-11(10(8)13)15-7-9(17)16-12(2,3)4/h5-6H,7,13H2,1-4H3,(H,14,15)(H,16,17). The highest BCUT2D eigenvalue weighted by atomic mass is 16.2. The smallest absolute Gasteiger partial charge is 0.239 e. The Hall–Kier alpha value is -1.78. The molecule has 1 aromatic rings. The maximum absolute atomic E-state index is 11.6. The van der Waals surface area contributed by atoms with Gasteiger partial charge in [-0.05, 0) is 39.3 Å². The molecular formula is C12H20N4O. The second-order valence-electron chi connectivity index (χ2n) is 5.04. The van der Waals surface area contributed by atoms with E-state index >= 15 is 0 Å². The van der Waals surface area contributed by atoms with E-state index in [4.69, 9.17) is 5.73 Å². The molecule has 5 heteroatoms. The zero-order valence-electron chi connectivity index (χ0n) is 10.8. The molecule has 1 heterocycles. The van der Waals surface area contributed by atoms with Crippen molar-refractivity contribution in [2.24, 2.45) is 0 Å². The maximum atomic E-state index is 11.6. The first kappa shape index (κ1) is 13.3. The minimum absolute atomic E-state index is 0.0831. The summed E-state index contributed by atoms with van der Waals surface area (Å²) in [6, 6.07) is 1.83. The Morgan fingerprint density at radius 2 is 2.12 bits per heavy atom. The Bertz CT molecular complexity index is 409. The predicted molar refractivity (Wildman–Crippen MR) is 69.8 cm³/mol. The van der Waals surface area contributed by atoms with Crippen molar-refractivity contribution in [3.8, 4) is 0 Å². The highest BCUT2D eigenvalue weighted by molar-refractivity contribution is 5.82. The lowest BCUT2D eigenvalue weighted by molar-refractivity contribution is -0.120. The lowest BCUT2D eigenvalue weighted by Crippen LogP contribution is -2.43. The Balaban J connectivity index is 2.56. The van der Waals surface area contributed by atoms with E-state index in [-0.39, 0.29) is 18.0 Å². The van der Waals surface area contributed by atoms with Gasteiger partial charge in [-0.2, -0.15) is 0 Å². The molecule has 1 amide bonds. The van der Waals surface area contributed by atoms with Crippen LogP contribution in [0.15, 0.2) is 12.3 Å². The fraction of sp³-hybridized carbons (Fsp3) is 0.500. The van der Waals surface area contributed by atoms with Gasteiger partial charge >= 0.3 is 0 Å². The summed E-state index contributed by atoms with van der Waals surface area (Å²) in [5, 5.41) is 5.78. The molecule has 4 N–H and O–H groups in total. The number of anilines is 2. The van der Waals surface area contributed by atoms with Crippen LogP contribution < -0.4 is 16.4 Å². The van der Waals surface area contributed by atoms with Crippen molar-refractivity contribution in [2.75, 3.05) is 17.6 Å². The highest BCUT2D eigenvalue weighted by Gasteiger charge is 2.13. The summed E-state index contributed by atoms with van der Waals surface area (Å²) < 4.78 is 0. The van der Waals surface area contributed by atoms with E-state index in [1.807, 2.05) is 33.8 Å². The molecule has 0 unspecified atom stereocenters. The largest absolute Gasteiger partial charge is 0.396 e. The van der Waals surface area contributed by atoms with Gasteiger partial charge in [0, 0.05) is 11.7 Å². The number of aromatic nitrogens is 1. The van der Waals surface area contributed by atoms with Crippen LogP contribution in [-0.2, 0) is 4.79 Å². The Kier molecular flexibility index (Phi) is 3.93. The quantitative estimate of drug-likeness (QED) is 0.739. The van der Waals surface area contributed by atoms with Crippen molar-refractivity contribution < 1.29 is 4.79 Å². The van der Waals surface area contributed by atoms with E-state index in [0.29, 0.717) is 11.5 Å². The summed E-state index contributed by atoms with van der Waals surface area (Å²) in [7, 11) is 0. The van der Waals surface area contributed by atoms with Crippen molar-refractivity contribution in [1.82, 2.24) is 10.3 Å². The van der Waals surface area contributed by atoms with Crippen LogP contribution in [0.25, 0.3) is 0 Å². The molecule has 0 spiro atoms. The predicted octanol–water partition coefficient (Wildman–Crippen LogP) is 1.30. The average molecular weight is 236 g/mol. The van der Waals surface area contributed by atoms with E-state index in [2.05, 4.69) is 15.6 Å². The van der Waals surface area contributed by atoms with Crippen LogP contribution in [0.2, 0.25) is 0 Å². The summed E-state index contributed by atoms with van der Waals surface area (Å²) >= 11 is 0. The molecule has 0 aliphatic heterocycles. The third-order valence-corrected chi connectivity index (χ3v) is 2.14. The van der Waals surface area contributed by atoms with Gasteiger partial charge in [-0.15, -0.1) is 0 Å². The van der Waals surface area contributed by atoms with Crippen LogP contribution in [0.5, 0.6) is 0 Å². The van der Waals surface area contributed by atoms with Gasteiger partial charge in [-0.1, -0.05) is 0 Å². The van der Waals surface area contributed by atoms with Crippen molar-refractivity contribution in [3.05, 3.63) is 17.8 Å². The molecule has 1 rings (SSSR count). The van der Waals surface area contributed by atoms with Gasteiger partial charge in [0.25, 0.3) is 0 Å². The molecule has 0 saturated carbocycles. The molecule has 5 nitrogen and oxygen atoms in total. The first-order valence-corrected chi connectivity index (χ1v) is 5.55. The van der Waals surface area contributed by atoms with Gasteiger partial charge in [0.1, 0.15) is 5.82 Å². The zero-order chi connectivity index (χ0) is 13.1. The molecule has 0 aliphatic carbocycles. The number of carbonyl (C=O) groups is 1.